The van der Waals surface area contributed by atoms with E-state index in [9.17, 15) is 9.90 Å². The number of aliphatic hydroxyl groups excluding tert-OH is 1. The number of benzene rings is 2. The standard InChI is InChI=1S/C20H22ClN3O2/c1-12(23-11-18(25)13-4-2-5-15(21)9-13)8-14-10-24-19-16(14)6-3-7-17(19)20(22)26/h2-7,9-10,12,18,23-25H,8,11H2,1H3,(H2,22,26)/t12-,18+/m1/s1. The van der Waals surface area contributed by atoms with Crippen LogP contribution in [0.4, 0.5) is 0 Å². The average molecular weight is 372 g/mol. The van der Waals surface area contributed by atoms with E-state index in [1.165, 1.54) is 0 Å². The van der Waals surface area contributed by atoms with Gasteiger partial charge in [0.1, 0.15) is 0 Å². The van der Waals surface area contributed by atoms with Crippen LogP contribution in [0.15, 0.2) is 48.7 Å². The Bertz CT molecular complexity index is 922. The van der Waals surface area contributed by atoms with Crippen molar-refractivity contribution in [2.45, 2.75) is 25.5 Å². The molecule has 6 heteroatoms. The van der Waals surface area contributed by atoms with Gasteiger partial charge in [-0.1, -0.05) is 35.9 Å². The Morgan fingerprint density at radius 2 is 2.08 bits per heavy atom. The zero-order chi connectivity index (χ0) is 18.7. The van der Waals surface area contributed by atoms with E-state index in [-0.39, 0.29) is 6.04 Å². The van der Waals surface area contributed by atoms with Gasteiger partial charge in [0.2, 0.25) is 0 Å². The lowest BCUT2D eigenvalue weighted by Gasteiger charge is -2.17. The Hall–Kier alpha value is -2.34. The van der Waals surface area contributed by atoms with Gasteiger partial charge in [-0.25, -0.2) is 0 Å². The molecule has 0 saturated heterocycles. The highest BCUT2D eigenvalue weighted by Gasteiger charge is 2.14. The maximum Gasteiger partial charge on any atom is 0.250 e. The number of hydrogen-bond acceptors (Lipinski definition) is 3. The molecule has 0 spiro atoms. The van der Waals surface area contributed by atoms with Gasteiger partial charge in [0.25, 0.3) is 5.91 Å². The van der Waals surface area contributed by atoms with Gasteiger partial charge in [-0.05, 0) is 42.7 Å². The minimum absolute atomic E-state index is 0.139. The number of primary amides is 1. The lowest BCUT2D eigenvalue weighted by Crippen LogP contribution is -2.32. The van der Waals surface area contributed by atoms with Crippen molar-refractivity contribution in [1.29, 1.82) is 0 Å². The van der Waals surface area contributed by atoms with Gasteiger partial charge in [-0.3, -0.25) is 4.79 Å². The third kappa shape index (κ3) is 4.07. The molecule has 0 aliphatic heterocycles. The van der Waals surface area contributed by atoms with Crippen LogP contribution in [0.1, 0.15) is 34.5 Å². The molecule has 5 nitrogen and oxygen atoms in total. The molecule has 0 saturated carbocycles. The molecule has 3 aromatic rings. The molecule has 1 heterocycles. The number of nitrogens with two attached hydrogens (primary N) is 1. The minimum Gasteiger partial charge on any atom is -0.387 e. The van der Waals surface area contributed by atoms with Crippen LogP contribution < -0.4 is 11.1 Å². The summed E-state index contributed by atoms with van der Waals surface area (Å²) in [5.74, 6) is -0.445. The predicted octanol–water partition coefficient (Wildman–Crippen LogP) is 3.17. The molecule has 2 aromatic carbocycles. The van der Waals surface area contributed by atoms with Crippen molar-refractivity contribution < 1.29 is 9.90 Å². The smallest absolute Gasteiger partial charge is 0.250 e. The second-order valence-electron chi connectivity index (χ2n) is 6.49. The van der Waals surface area contributed by atoms with Crippen molar-refractivity contribution in [1.82, 2.24) is 10.3 Å². The third-order valence-electron chi connectivity index (χ3n) is 4.49. The molecule has 5 N–H and O–H groups in total. The second-order valence-corrected chi connectivity index (χ2v) is 6.93. The van der Waals surface area contributed by atoms with Gasteiger partial charge in [0.15, 0.2) is 0 Å². The normalized spacial score (nSPS) is 13.7. The van der Waals surface area contributed by atoms with Crippen molar-refractivity contribution in [2.24, 2.45) is 5.73 Å². The van der Waals surface area contributed by atoms with Gasteiger partial charge in [-0.15, -0.1) is 0 Å². The number of aromatic nitrogens is 1. The molecule has 0 aliphatic rings. The van der Waals surface area contributed by atoms with Gasteiger partial charge in [0, 0.05) is 29.2 Å². The topological polar surface area (TPSA) is 91.1 Å². The molecule has 26 heavy (non-hydrogen) atoms. The highest BCUT2D eigenvalue weighted by atomic mass is 35.5. The quantitative estimate of drug-likeness (QED) is 0.514. The Morgan fingerprint density at radius 3 is 2.81 bits per heavy atom. The summed E-state index contributed by atoms with van der Waals surface area (Å²) in [6.45, 7) is 2.48. The van der Waals surface area contributed by atoms with E-state index in [4.69, 9.17) is 17.3 Å². The number of aromatic amines is 1. The number of amides is 1. The first-order valence-electron chi connectivity index (χ1n) is 8.51. The first-order chi connectivity index (χ1) is 12.5. The summed E-state index contributed by atoms with van der Waals surface area (Å²) < 4.78 is 0. The van der Waals surface area contributed by atoms with E-state index in [0.717, 1.165) is 28.5 Å². The molecule has 0 unspecified atom stereocenters. The Morgan fingerprint density at radius 1 is 1.31 bits per heavy atom. The highest BCUT2D eigenvalue weighted by molar-refractivity contribution is 6.30. The summed E-state index contributed by atoms with van der Waals surface area (Å²) in [6, 6.07) is 12.9. The molecular formula is C20H22ClN3O2. The number of rotatable bonds is 7. The zero-order valence-corrected chi connectivity index (χ0v) is 15.3. The fourth-order valence-corrected chi connectivity index (χ4v) is 3.33. The summed E-state index contributed by atoms with van der Waals surface area (Å²) in [7, 11) is 0. The zero-order valence-electron chi connectivity index (χ0n) is 14.5. The number of halogens is 1. The van der Waals surface area contributed by atoms with Crippen LogP contribution >= 0.6 is 11.6 Å². The number of para-hydroxylation sites is 1. The van der Waals surface area contributed by atoms with E-state index in [1.807, 2.05) is 30.5 Å². The summed E-state index contributed by atoms with van der Waals surface area (Å²) in [5.41, 5.74) is 8.57. The van der Waals surface area contributed by atoms with Gasteiger partial charge < -0.3 is 21.1 Å². The first-order valence-corrected chi connectivity index (χ1v) is 8.89. The average Bonchev–Trinajstić information content (AvgIpc) is 3.02. The van der Waals surface area contributed by atoms with E-state index in [0.29, 0.717) is 17.1 Å². The molecule has 0 bridgehead atoms. The number of hydrogen-bond donors (Lipinski definition) is 4. The van der Waals surface area contributed by atoms with Gasteiger partial charge in [-0.2, -0.15) is 0 Å². The molecule has 136 valence electrons. The summed E-state index contributed by atoms with van der Waals surface area (Å²) >= 11 is 5.97. The van der Waals surface area contributed by atoms with Gasteiger partial charge >= 0.3 is 0 Å². The van der Waals surface area contributed by atoms with Gasteiger partial charge in [0.05, 0.1) is 17.2 Å². The van der Waals surface area contributed by atoms with E-state index in [2.05, 4.69) is 17.2 Å². The first kappa shape index (κ1) is 18.5. The summed E-state index contributed by atoms with van der Waals surface area (Å²) in [5, 5.41) is 15.3. The lowest BCUT2D eigenvalue weighted by molar-refractivity contribution is 0.100. The number of aliphatic hydroxyl groups is 1. The highest BCUT2D eigenvalue weighted by Crippen LogP contribution is 2.23. The van der Waals surface area contributed by atoms with Crippen molar-refractivity contribution in [3.63, 3.8) is 0 Å². The second kappa shape index (κ2) is 7.91. The Labute approximate surface area is 157 Å². The minimum atomic E-state index is -0.624. The predicted molar refractivity (Wildman–Crippen MR) is 104 cm³/mol. The molecule has 0 aliphatic carbocycles. The molecular weight excluding hydrogens is 350 g/mol. The third-order valence-corrected chi connectivity index (χ3v) is 4.72. The van der Waals surface area contributed by atoms with E-state index in [1.54, 1.807) is 18.2 Å². The number of fused-ring (bicyclic) bond motifs is 1. The number of carbonyl (C=O) groups excluding carboxylic acids is 1. The van der Waals surface area contributed by atoms with Crippen molar-refractivity contribution in [2.75, 3.05) is 6.54 Å². The van der Waals surface area contributed by atoms with Crippen molar-refractivity contribution in [3.05, 3.63) is 70.4 Å². The maximum absolute atomic E-state index is 11.5. The Balaban J connectivity index is 1.65. The number of nitrogens with one attached hydrogen (secondary N) is 2. The van der Waals surface area contributed by atoms with Crippen LogP contribution in [0.2, 0.25) is 5.02 Å². The number of carbonyl (C=O) groups is 1. The number of H-pyrrole nitrogens is 1. The lowest BCUT2D eigenvalue weighted by atomic mass is 10.0. The van der Waals surface area contributed by atoms with Crippen LogP contribution in [0, 0.1) is 0 Å². The monoisotopic (exact) mass is 371 g/mol. The SMILES string of the molecule is C[C@H](Cc1c[nH]c2c(C(N)=O)cccc12)NC[C@H](O)c1cccc(Cl)c1. The molecule has 1 aromatic heterocycles. The molecule has 0 fully saturated rings. The molecule has 1 amide bonds. The fourth-order valence-electron chi connectivity index (χ4n) is 3.13. The van der Waals surface area contributed by atoms with Crippen LogP contribution in [-0.2, 0) is 6.42 Å². The largest absolute Gasteiger partial charge is 0.387 e. The molecule has 2 atom stereocenters. The van der Waals surface area contributed by atoms with Crippen LogP contribution in [0.25, 0.3) is 10.9 Å². The molecule has 3 rings (SSSR count). The van der Waals surface area contributed by atoms with E-state index < -0.39 is 12.0 Å². The van der Waals surface area contributed by atoms with Crippen LogP contribution in [0.5, 0.6) is 0 Å². The van der Waals surface area contributed by atoms with Crippen LogP contribution in [0.3, 0.4) is 0 Å². The Kier molecular flexibility index (Phi) is 5.61. The molecule has 0 radical (unpaired) electrons. The van der Waals surface area contributed by atoms with E-state index >= 15 is 0 Å². The maximum atomic E-state index is 11.5. The van der Waals surface area contributed by atoms with Crippen molar-refractivity contribution in [3.8, 4) is 0 Å². The van der Waals surface area contributed by atoms with Crippen LogP contribution in [-0.4, -0.2) is 28.6 Å². The van der Waals surface area contributed by atoms with Crippen molar-refractivity contribution >= 4 is 28.4 Å². The summed E-state index contributed by atoms with van der Waals surface area (Å²) in [4.78, 5) is 14.7. The fraction of sp³-hybridized carbons (Fsp3) is 0.250. The summed E-state index contributed by atoms with van der Waals surface area (Å²) in [6.07, 6.45) is 2.04.